The number of carbonyl (C=O) groups is 1. The predicted octanol–water partition coefficient (Wildman–Crippen LogP) is 1.20. The molecular weight excluding hydrogens is 240 g/mol. The van der Waals surface area contributed by atoms with Gasteiger partial charge in [0.1, 0.15) is 5.78 Å². The van der Waals surface area contributed by atoms with Crippen molar-refractivity contribution in [3.8, 4) is 0 Å². The first kappa shape index (κ1) is 13.3. The minimum atomic E-state index is -1.05. The molecule has 5 nitrogen and oxygen atoms in total. The lowest BCUT2D eigenvalue weighted by Crippen LogP contribution is -2.60. The molecule has 2 rings (SSSR count). The molecule has 0 radical (unpaired) electrons. The number of hydrazine groups is 1. The minimum Gasteiger partial charge on any atom is -0.299 e. The number of carbonyl (C=O) groups excluding carboxylic acids is 1. The van der Waals surface area contributed by atoms with Crippen molar-refractivity contribution in [2.24, 2.45) is 0 Å². The SMILES string of the molecule is CC(=O)CNN1C(C)(C)CC2(CS1(C)C)OO2. The lowest BCUT2D eigenvalue weighted by molar-refractivity contribution is -0.117. The van der Waals surface area contributed by atoms with Gasteiger partial charge < -0.3 is 0 Å². The van der Waals surface area contributed by atoms with Gasteiger partial charge >= 0.3 is 0 Å². The zero-order chi connectivity index (χ0) is 12.9. The number of ketones is 1. The summed E-state index contributed by atoms with van der Waals surface area (Å²) in [5.41, 5.74) is 3.20. The Morgan fingerprint density at radius 2 is 2.00 bits per heavy atom. The maximum Gasteiger partial charge on any atom is 0.244 e. The third-order valence-corrected chi connectivity index (χ3v) is 5.87. The van der Waals surface area contributed by atoms with Gasteiger partial charge in [-0.1, -0.05) is 0 Å². The smallest absolute Gasteiger partial charge is 0.244 e. The van der Waals surface area contributed by atoms with E-state index in [0.29, 0.717) is 6.54 Å². The molecule has 2 aliphatic heterocycles. The summed E-state index contributed by atoms with van der Waals surface area (Å²) in [6, 6.07) is 0. The molecule has 0 aromatic heterocycles. The van der Waals surface area contributed by atoms with Gasteiger partial charge in [0.15, 0.2) is 0 Å². The van der Waals surface area contributed by atoms with Crippen LogP contribution in [0.5, 0.6) is 0 Å². The largest absolute Gasteiger partial charge is 0.299 e. The van der Waals surface area contributed by atoms with Gasteiger partial charge in [-0.25, -0.2) is 9.84 Å². The van der Waals surface area contributed by atoms with Gasteiger partial charge in [0.25, 0.3) is 0 Å². The topological polar surface area (TPSA) is 57.4 Å². The van der Waals surface area contributed by atoms with E-state index >= 15 is 0 Å². The second-order valence-corrected chi connectivity index (χ2v) is 9.64. The minimum absolute atomic E-state index is 0.0803. The lowest BCUT2D eigenvalue weighted by atomic mass is 9.96. The molecule has 1 spiro atoms. The molecule has 17 heavy (non-hydrogen) atoms. The van der Waals surface area contributed by atoms with E-state index in [1.807, 2.05) is 0 Å². The van der Waals surface area contributed by atoms with Crippen LogP contribution in [-0.2, 0) is 14.6 Å². The van der Waals surface area contributed by atoms with Gasteiger partial charge in [-0.15, -0.1) is 0 Å². The Morgan fingerprint density at radius 1 is 1.41 bits per heavy atom. The Morgan fingerprint density at radius 3 is 2.41 bits per heavy atom. The summed E-state index contributed by atoms with van der Waals surface area (Å²) in [6.07, 6.45) is 5.25. The van der Waals surface area contributed by atoms with Crippen molar-refractivity contribution < 1.29 is 14.6 Å². The van der Waals surface area contributed by atoms with Gasteiger partial charge in [0.05, 0.1) is 12.3 Å². The molecule has 0 unspecified atom stereocenters. The van der Waals surface area contributed by atoms with Crippen LogP contribution < -0.4 is 5.43 Å². The summed E-state index contributed by atoms with van der Waals surface area (Å²) >= 11 is 0. The number of hydrogen-bond donors (Lipinski definition) is 1. The molecule has 0 amide bonds. The van der Waals surface area contributed by atoms with Crippen LogP contribution in [0, 0.1) is 0 Å². The third-order valence-electron chi connectivity index (χ3n) is 3.11. The first-order chi connectivity index (χ1) is 7.67. The van der Waals surface area contributed by atoms with Gasteiger partial charge in [-0.2, -0.15) is 20.0 Å². The maximum atomic E-state index is 11.1. The number of hydrogen-bond acceptors (Lipinski definition) is 5. The summed E-state index contributed by atoms with van der Waals surface area (Å²) < 4.78 is 2.25. The number of nitrogens with one attached hydrogen (secondary N) is 1. The Balaban J connectivity index is 2.14. The summed E-state index contributed by atoms with van der Waals surface area (Å²) in [5, 5.41) is 0. The molecule has 0 bridgehead atoms. The average molecular weight is 262 g/mol. The molecule has 0 saturated carbocycles. The number of rotatable bonds is 3. The first-order valence-electron chi connectivity index (χ1n) is 5.78. The zero-order valence-electron chi connectivity index (χ0n) is 11.2. The van der Waals surface area contributed by atoms with Crippen LogP contribution in [-0.4, -0.2) is 46.3 Å². The van der Waals surface area contributed by atoms with Crippen LogP contribution in [0.15, 0.2) is 0 Å². The fourth-order valence-corrected chi connectivity index (χ4v) is 6.01. The van der Waals surface area contributed by atoms with E-state index in [1.165, 1.54) is 0 Å². The standard InChI is InChI=1S/C11H22N2O3S/c1-9(14)6-12-13-10(2,3)7-11(15-16-11)8-17(13,4)5/h12H,6-8H2,1-5H3. The molecule has 0 aliphatic carbocycles. The van der Waals surface area contributed by atoms with E-state index in [0.717, 1.165) is 12.2 Å². The van der Waals surface area contributed by atoms with Crippen LogP contribution in [0.25, 0.3) is 0 Å². The molecule has 0 atom stereocenters. The molecule has 2 fully saturated rings. The fraction of sp³-hybridized carbons (Fsp3) is 0.909. The molecule has 0 aromatic rings. The van der Waals surface area contributed by atoms with Crippen molar-refractivity contribution in [2.75, 3.05) is 24.8 Å². The number of nitrogens with zero attached hydrogens (tertiary/aromatic N) is 1. The van der Waals surface area contributed by atoms with Gasteiger partial charge in [0, 0.05) is 12.0 Å². The summed E-state index contributed by atoms with van der Waals surface area (Å²) in [6.45, 7) is 6.29. The normalized spacial score (nSPS) is 31.1. The molecule has 2 saturated heterocycles. The van der Waals surface area contributed by atoms with Crippen LogP contribution in [0.2, 0.25) is 0 Å². The van der Waals surface area contributed by atoms with E-state index in [1.54, 1.807) is 6.92 Å². The Labute approximate surface area is 104 Å². The van der Waals surface area contributed by atoms with Crippen LogP contribution in [0.3, 0.4) is 0 Å². The van der Waals surface area contributed by atoms with E-state index in [-0.39, 0.29) is 17.1 Å². The first-order valence-corrected chi connectivity index (χ1v) is 8.36. The van der Waals surface area contributed by atoms with Crippen molar-refractivity contribution in [2.45, 2.75) is 38.5 Å². The second-order valence-electron chi connectivity index (χ2n) is 6.02. The highest BCUT2D eigenvalue weighted by atomic mass is 32.3. The monoisotopic (exact) mass is 262 g/mol. The summed E-state index contributed by atoms with van der Waals surface area (Å²) in [5.74, 6) is 0.667. The van der Waals surface area contributed by atoms with Crippen molar-refractivity contribution >= 4 is 16.0 Å². The van der Waals surface area contributed by atoms with E-state index in [9.17, 15) is 4.79 Å². The second kappa shape index (κ2) is 3.93. The Hall–Kier alpha value is -0.140. The molecule has 6 heteroatoms. The highest BCUT2D eigenvalue weighted by Gasteiger charge is 2.61. The van der Waals surface area contributed by atoms with Crippen LogP contribution in [0.4, 0.5) is 0 Å². The average Bonchev–Trinajstić information content (AvgIpc) is 2.78. The molecular formula is C11H22N2O3S. The van der Waals surface area contributed by atoms with E-state index in [2.05, 4.69) is 36.2 Å². The Bertz CT molecular complexity index is 320. The molecule has 2 heterocycles. The van der Waals surface area contributed by atoms with Crippen molar-refractivity contribution in [1.82, 2.24) is 9.84 Å². The maximum absolute atomic E-state index is 11.1. The van der Waals surface area contributed by atoms with Crippen molar-refractivity contribution in [3.05, 3.63) is 0 Å². The molecule has 0 aromatic carbocycles. The van der Waals surface area contributed by atoms with E-state index < -0.39 is 10.2 Å². The zero-order valence-corrected chi connectivity index (χ0v) is 12.0. The molecule has 1 N–H and O–H groups in total. The predicted molar refractivity (Wildman–Crippen MR) is 68.4 cm³/mol. The van der Waals surface area contributed by atoms with E-state index in [4.69, 9.17) is 9.78 Å². The van der Waals surface area contributed by atoms with Gasteiger partial charge in [0.2, 0.25) is 5.79 Å². The van der Waals surface area contributed by atoms with Crippen molar-refractivity contribution in [3.63, 3.8) is 0 Å². The Kier molecular flexibility index (Phi) is 3.07. The summed E-state index contributed by atoms with van der Waals surface area (Å²) in [4.78, 5) is 21.5. The quantitative estimate of drug-likeness (QED) is 0.612. The van der Waals surface area contributed by atoms with Crippen molar-refractivity contribution in [1.29, 1.82) is 0 Å². The number of Topliss-reactive ketones (excluding diaryl/α,β-unsaturated/α-hetero) is 1. The van der Waals surface area contributed by atoms with Crippen LogP contribution in [0.1, 0.15) is 27.2 Å². The third kappa shape index (κ3) is 2.66. The van der Waals surface area contributed by atoms with Crippen LogP contribution >= 0.6 is 10.2 Å². The van der Waals surface area contributed by atoms with Gasteiger partial charge in [-0.3, -0.25) is 4.79 Å². The molecule has 2 aliphatic rings. The highest BCUT2D eigenvalue weighted by molar-refractivity contribution is 8.30. The fourth-order valence-electron chi connectivity index (χ4n) is 2.79. The molecule has 100 valence electrons. The lowest BCUT2D eigenvalue weighted by Gasteiger charge is -2.56. The van der Waals surface area contributed by atoms with Gasteiger partial charge in [-0.05, 0) is 33.3 Å². The summed E-state index contributed by atoms with van der Waals surface area (Å²) in [7, 11) is -1.05. The highest BCUT2D eigenvalue weighted by Crippen LogP contribution is 2.60.